The highest BCUT2D eigenvalue weighted by Crippen LogP contribution is 2.38. The zero-order valence-corrected chi connectivity index (χ0v) is 44.8. The van der Waals surface area contributed by atoms with Gasteiger partial charge in [0, 0.05) is 99.9 Å². The average Bonchev–Trinajstić information content (AvgIpc) is 4.35. The Balaban J connectivity index is 1.33. The summed E-state index contributed by atoms with van der Waals surface area (Å²) >= 11 is 0. The fourth-order valence-electron chi connectivity index (χ4n) is 10.7. The number of aromatic nitrogens is 8. The standard InChI is InChI=1S/C62H61F12N8/c63-59(64,65)31-7-1-2-11-35-79-36-12-3-19-51(79)55-43-23-25-45(75-43)56(52-20-4-13-37-80(52)40-16-8-32-60(66,67)68)47-27-29-49(77-47)58(54-22-6-15-39-82(54)42-18-10-34-62(72,73)74)50-30-28-48(78-50)57(46-26-24-44(55)76-46)53-21-5-14-38-81(53)41-17-9-33-61(69,70)71/h3-6,12-15,19-30,36-39H,1-2,7-11,16-18,31-35,40-42H2,(H,75,76,77,78)/q+3/p+1. The van der Waals surface area contributed by atoms with Gasteiger partial charge in [-0.15, -0.1) is 0 Å². The molecular weight excluding hydrogens is 1080 g/mol. The summed E-state index contributed by atoms with van der Waals surface area (Å²) in [7, 11) is 0. The number of fused-ring (bicyclic) bond motifs is 8. The minimum atomic E-state index is -4.33. The molecule has 7 aromatic heterocycles. The van der Waals surface area contributed by atoms with E-state index in [2.05, 4.69) is 9.97 Å². The van der Waals surface area contributed by atoms with Gasteiger partial charge in [0.25, 0.3) is 0 Å². The lowest BCUT2D eigenvalue weighted by molar-refractivity contribution is -0.686. The number of unbranched alkanes of at least 4 members (excludes halogenated alkanes) is 6. The van der Waals surface area contributed by atoms with Gasteiger partial charge >= 0.3 is 24.7 Å². The van der Waals surface area contributed by atoms with Gasteiger partial charge < -0.3 is 9.97 Å². The molecule has 0 unspecified atom stereocenters. The van der Waals surface area contributed by atoms with Crippen LogP contribution in [0.1, 0.15) is 113 Å². The van der Waals surface area contributed by atoms with Crippen molar-refractivity contribution in [2.24, 2.45) is 0 Å². The zero-order chi connectivity index (χ0) is 58.1. The minimum Gasteiger partial charge on any atom is -0.354 e. The molecule has 0 aromatic carbocycles. The third kappa shape index (κ3) is 15.5. The van der Waals surface area contributed by atoms with Crippen LogP contribution in [0.3, 0.4) is 0 Å². The van der Waals surface area contributed by atoms with Gasteiger partial charge in [0.15, 0.2) is 24.8 Å². The maximum Gasteiger partial charge on any atom is 0.389 e. The second-order valence-electron chi connectivity index (χ2n) is 20.6. The van der Waals surface area contributed by atoms with Crippen molar-refractivity contribution < 1.29 is 71.0 Å². The largest absolute Gasteiger partial charge is 0.389 e. The number of halogens is 12. The van der Waals surface area contributed by atoms with Gasteiger partial charge in [-0.25, -0.2) is 9.97 Å². The maximum atomic E-state index is 13.4. The lowest BCUT2D eigenvalue weighted by Gasteiger charge is -2.09. The monoisotopic (exact) mass is 1150 g/mol. The Hall–Kier alpha value is -7.64. The molecule has 0 spiro atoms. The summed E-state index contributed by atoms with van der Waals surface area (Å²) in [4.78, 5) is 18.1. The van der Waals surface area contributed by atoms with E-state index < -0.39 is 50.4 Å². The lowest BCUT2D eigenvalue weighted by atomic mass is 10.1. The van der Waals surface area contributed by atoms with Crippen molar-refractivity contribution in [3.63, 3.8) is 0 Å². The quantitative estimate of drug-likeness (QED) is 0.0403. The van der Waals surface area contributed by atoms with Crippen molar-refractivity contribution in [2.45, 2.75) is 141 Å². The summed E-state index contributed by atoms with van der Waals surface area (Å²) < 4.78 is 167. The first-order chi connectivity index (χ1) is 39.2. The summed E-state index contributed by atoms with van der Waals surface area (Å²) in [6, 6.07) is 29.7. The van der Waals surface area contributed by atoms with E-state index in [9.17, 15) is 52.7 Å². The number of hydrogen-bond acceptors (Lipinski definition) is 2. The van der Waals surface area contributed by atoms with Crippen LogP contribution in [0.2, 0.25) is 0 Å². The van der Waals surface area contributed by atoms with Crippen LogP contribution in [0, 0.1) is 0 Å². The van der Waals surface area contributed by atoms with Gasteiger partial charge in [0.05, 0.1) is 67.1 Å². The molecule has 7 aromatic rings. The predicted octanol–water partition coefficient (Wildman–Crippen LogP) is 16.2. The minimum absolute atomic E-state index is 0.0161. The molecule has 82 heavy (non-hydrogen) atoms. The van der Waals surface area contributed by atoms with Crippen LogP contribution in [0.4, 0.5) is 52.7 Å². The molecule has 0 saturated carbocycles. The van der Waals surface area contributed by atoms with Crippen molar-refractivity contribution >= 4 is 46.4 Å². The van der Waals surface area contributed by atoms with Gasteiger partial charge in [-0.3, -0.25) is 0 Å². The molecule has 2 aliphatic rings. The third-order valence-corrected chi connectivity index (χ3v) is 14.5. The number of aryl methyl sites for hydroxylation is 4. The Bertz CT molecular complexity index is 3520. The number of nitrogens with one attached hydrogen (secondary N) is 2. The maximum absolute atomic E-state index is 13.4. The normalized spacial score (nSPS) is 12.9. The van der Waals surface area contributed by atoms with E-state index in [0.717, 1.165) is 5.69 Å². The number of nitrogens with zero attached hydrogens (tertiary/aromatic N) is 6. The molecule has 0 amide bonds. The van der Waals surface area contributed by atoms with Crippen molar-refractivity contribution in [1.29, 1.82) is 0 Å². The number of H-pyrrole nitrogens is 2. The fourth-order valence-corrected chi connectivity index (χ4v) is 10.7. The second kappa shape index (κ2) is 25.7. The smallest absolute Gasteiger partial charge is 0.354 e. The Labute approximate surface area is 466 Å². The van der Waals surface area contributed by atoms with Gasteiger partial charge in [0.2, 0.25) is 22.8 Å². The molecule has 2 aliphatic heterocycles. The highest BCUT2D eigenvalue weighted by Gasteiger charge is 2.32. The van der Waals surface area contributed by atoms with E-state index in [0.29, 0.717) is 110 Å². The molecule has 0 radical (unpaired) electrons. The average molecular weight is 1150 g/mol. The summed E-state index contributed by atoms with van der Waals surface area (Å²) in [5, 5.41) is 0. The highest BCUT2D eigenvalue weighted by atomic mass is 19.4. The molecule has 0 atom stereocenters. The van der Waals surface area contributed by atoms with Crippen LogP contribution < -0.4 is 18.3 Å². The summed E-state index contributed by atoms with van der Waals surface area (Å²) in [6.07, 6.45) is -4.26. The van der Waals surface area contributed by atoms with Gasteiger partial charge in [-0.05, 0) is 105 Å². The van der Waals surface area contributed by atoms with Gasteiger partial charge in [-0.2, -0.15) is 71.0 Å². The molecule has 9 rings (SSSR count). The van der Waals surface area contributed by atoms with Crippen LogP contribution in [0.5, 0.6) is 0 Å². The predicted molar refractivity (Wildman–Crippen MR) is 290 cm³/mol. The SMILES string of the molecule is FC(F)(F)CCCCCC[n+]1ccccc1-c1c2nc(c(-c3cccc[n+]3CCCCC(F)(F)F)c3ccc([nH]3)c(-c3cccc[n+]3CCCCC(F)(F)F)c3nc(c(-c4cccc[n+]4CCCCC(F)(F)F)c4ccc1[nH]4)C=C3)C=C2. The number of rotatable bonds is 22. The van der Waals surface area contributed by atoms with Crippen LogP contribution in [-0.2, 0) is 26.2 Å². The van der Waals surface area contributed by atoms with Crippen molar-refractivity contribution in [3.8, 4) is 45.0 Å². The zero-order valence-electron chi connectivity index (χ0n) is 44.8. The highest BCUT2D eigenvalue weighted by molar-refractivity contribution is 5.97. The summed E-state index contributed by atoms with van der Waals surface area (Å²) in [5.74, 6) is 0. The molecule has 8 nitrogen and oxygen atoms in total. The Kier molecular flexibility index (Phi) is 18.5. The van der Waals surface area contributed by atoms with Crippen molar-refractivity contribution in [1.82, 2.24) is 19.9 Å². The topological polar surface area (TPSA) is 72.9 Å². The van der Waals surface area contributed by atoms with Crippen molar-refractivity contribution in [3.05, 3.63) is 145 Å². The van der Waals surface area contributed by atoms with E-state index >= 15 is 0 Å². The van der Waals surface area contributed by atoms with E-state index in [1.165, 1.54) is 0 Å². The Morgan fingerprint density at radius 2 is 0.524 bits per heavy atom. The molecule has 9 heterocycles. The summed E-state index contributed by atoms with van der Waals surface area (Å²) in [5.41, 5.74) is 9.43. The molecule has 8 bridgehead atoms. The first-order valence-electron chi connectivity index (χ1n) is 27.6. The van der Waals surface area contributed by atoms with Crippen LogP contribution in [0.25, 0.3) is 91.4 Å². The molecule has 0 saturated heterocycles. The molecule has 0 fully saturated rings. The summed E-state index contributed by atoms with van der Waals surface area (Å²) in [6.45, 7) is 1.17. The number of alkyl halides is 12. The second-order valence-corrected chi connectivity index (χ2v) is 20.6. The fraction of sp³-hybridized carbons (Fsp3) is 0.355. The van der Waals surface area contributed by atoms with E-state index in [-0.39, 0.29) is 64.6 Å². The van der Waals surface area contributed by atoms with Crippen LogP contribution in [0.15, 0.2) is 122 Å². The molecule has 20 heteroatoms. The van der Waals surface area contributed by atoms with Crippen LogP contribution in [-0.4, -0.2) is 44.6 Å². The number of pyridine rings is 4. The number of hydrogen-bond donors (Lipinski definition) is 2. The Morgan fingerprint density at radius 3 is 0.780 bits per heavy atom. The van der Waals surface area contributed by atoms with Crippen molar-refractivity contribution in [2.75, 3.05) is 0 Å². The Morgan fingerprint density at radius 1 is 0.293 bits per heavy atom. The first kappa shape index (κ1) is 59.0. The molecule has 430 valence electrons. The van der Waals surface area contributed by atoms with Crippen LogP contribution >= 0.6 is 0 Å². The van der Waals surface area contributed by atoms with E-state index in [4.69, 9.17) is 9.97 Å². The van der Waals surface area contributed by atoms with E-state index in [1.807, 2.05) is 140 Å². The molecule has 0 aliphatic carbocycles. The van der Waals surface area contributed by atoms with E-state index in [1.54, 1.807) is 24.4 Å². The van der Waals surface area contributed by atoms with Gasteiger partial charge in [0.1, 0.15) is 26.2 Å². The lowest BCUT2D eigenvalue weighted by Crippen LogP contribution is -2.36. The molecule has 2 N–H and O–H groups in total. The van der Waals surface area contributed by atoms with Gasteiger partial charge in [-0.1, -0.05) is 6.42 Å². The molecular formula is C62H62F12N8+4. The first-order valence-corrected chi connectivity index (χ1v) is 27.6. The number of aromatic amines is 2. The third-order valence-electron chi connectivity index (χ3n) is 14.5.